The van der Waals surface area contributed by atoms with Gasteiger partial charge in [-0.25, -0.2) is 4.79 Å². The van der Waals surface area contributed by atoms with Crippen molar-refractivity contribution in [3.8, 4) is 0 Å². The van der Waals surface area contributed by atoms with E-state index in [-0.39, 0.29) is 12.6 Å². The number of hydrogen-bond acceptors (Lipinski definition) is 2. The molecule has 0 radical (unpaired) electrons. The number of carboxylic acid groups (broad SMARTS) is 1. The van der Waals surface area contributed by atoms with Crippen molar-refractivity contribution >= 4 is 12.0 Å². The summed E-state index contributed by atoms with van der Waals surface area (Å²) in [6, 6.07) is 8.01. The van der Waals surface area contributed by atoms with Gasteiger partial charge < -0.3 is 15.3 Å². The summed E-state index contributed by atoms with van der Waals surface area (Å²) >= 11 is 0. The van der Waals surface area contributed by atoms with Crippen LogP contribution < -0.4 is 5.32 Å². The van der Waals surface area contributed by atoms with Gasteiger partial charge >= 0.3 is 12.0 Å². The van der Waals surface area contributed by atoms with Crippen LogP contribution in [-0.4, -0.2) is 41.6 Å². The number of nitrogens with one attached hydrogen (secondary N) is 1. The second-order valence-electron chi connectivity index (χ2n) is 6.01. The largest absolute Gasteiger partial charge is 0.481 e. The summed E-state index contributed by atoms with van der Waals surface area (Å²) in [7, 11) is 0. The van der Waals surface area contributed by atoms with Gasteiger partial charge in [-0.2, -0.15) is 0 Å². The molecular formula is C16H22N2O3. The molecule has 1 fully saturated rings. The summed E-state index contributed by atoms with van der Waals surface area (Å²) in [6.45, 7) is 5.06. The third-order valence-corrected chi connectivity index (χ3v) is 4.05. The van der Waals surface area contributed by atoms with Crippen LogP contribution in [0.5, 0.6) is 0 Å². The van der Waals surface area contributed by atoms with E-state index in [2.05, 4.69) is 11.4 Å². The molecule has 1 aromatic carbocycles. The topological polar surface area (TPSA) is 69.6 Å². The maximum atomic E-state index is 12.0. The number of carbonyl (C=O) groups excluding carboxylic acids is 1. The Bertz CT molecular complexity index is 544. The molecular weight excluding hydrogens is 268 g/mol. The van der Waals surface area contributed by atoms with Gasteiger partial charge in [-0.1, -0.05) is 29.8 Å². The molecule has 1 aliphatic rings. The number of benzene rings is 1. The molecule has 1 aliphatic heterocycles. The van der Waals surface area contributed by atoms with Gasteiger partial charge in [0.1, 0.15) is 0 Å². The third kappa shape index (κ3) is 3.74. The molecule has 5 heteroatoms. The van der Waals surface area contributed by atoms with E-state index in [1.54, 1.807) is 11.8 Å². The molecule has 1 saturated heterocycles. The van der Waals surface area contributed by atoms with Crippen LogP contribution in [-0.2, 0) is 11.2 Å². The van der Waals surface area contributed by atoms with Crippen LogP contribution in [0.3, 0.4) is 0 Å². The third-order valence-electron chi connectivity index (χ3n) is 4.05. The Kier molecular flexibility index (Phi) is 4.50. The molecule has 0 bridgehead atoms. The number of aryl methyl sites for hydroxylation is 1. The lowest BCUT2D eigenvalue weighted by molar-refractivity contribution is -0.146. The fourth-order valence-electron chi connectivity index (χ4n) is 2.60. The van der Waals surface area contributed by atoms with E-state index in [0.29, 0.717) is 19.5 Å². The highest BCUT2D eigenvalue weighted by atomic mass is 16.4. The number of hydrogen-bond donors (Lipinski definition) is 2. The quantitative estimate of drug-likeness (QED) is 0.891. The molecule has 0 aliphatic carbocycles. The summed E-state index contributed by atoms with van der Waals surface area (Å²) < 4.78 is 0. The minimum Gasteiger partial charge on any atom is -0.481 e. The van der Waals surface area contributed by atoms with Gasteiger partial charge in [0.05, 0.1) is 5.41 Å². The van der Waals surface area contributed by atoms with Gasteiger partial charge in [-0.15, -0.1) is 0 Å². The van der Waals surface area contributed by atoms with E-state index in [1.165, 1.54) is 11.1 Å². The normalized spacial score (nSPS) is 21.3. The first-order valence-electron chi connectivity index (χ1n) is 7.22. The van der Waals surface area contributed by atoms with Crippen molar-refractivity contribution < 1.29 is 14.7 Å². The number of likely N-dealkylation sites (tertiary alicyclic amines) is 1. The van der Waals surface area contributed by atoms with E-state index in [4.69, 9.17) is 5.11 Å². The molecule has 2 amide bonds. The zero-order valence-electron chi connectivity index (χ0n) is 12.6. The van der Waals surface area contributed by atoms with Gasteiger partial charge in [0.2, 0.25) is 0 Å². The van der Waals surface area contributed by atoms with Crippen molar-refractivity contribution in [1.82, 2.24) is 10.2 Å². The summed E-state index contributed by atoms with van der Waals surface area (Å²) in [4.78, 5) is 24.8. The van der Waals surface area contributed by atoms with Gasteiger partial charge in [0.25, 0.3) is 0 Å². The highest BCUT2D eigenvalue weighted by Gasteiger charge is 2.42. The second kappa shape index (κ2) is 6.16. The minimum atomic E-state index is -0.836. The number of carboxylic acids is 1. The summed E-state index contributed by atoms with van der Waals surface area (Å²) in [5, 5.41) is 12.0. The molecule has 1 atom stereocenters. The molecule has 114 valence electrons. The molecule has 1 aromatic rings. The summed E-state index contributed by atoms with van der Waals surface area (Å²) in [6.07, 6.45) is 1.28. The van der Waals surface area contributed by atoms with Crippen LogP contribution in [0.25, 0.3) is 0 Å². The average Bonchev–Trinajstić information content (AvgIpc) is 2.83. The summed E-state index contributed by atoms with van der Waals surface area (Å²) in [5.74, 6) is -0.836. The van der Waals surface area contributed by atoms with Gasteiger partial charge in [0, 0.05) is 19.6 Å². The molecule has 0 saturated carbocycles. The van der Waals surface area contributed by atoms with Crippen molar-refractivity contribution in [3.63, 3.8) is 0 Å². The molecule has 21 heavy (non-hydrogen) atoms. The lowest BCUT2D eigenvalue weighted by Gasteiger charge is -2.20. The fourth-order valence-corrected chi connectivity index (χ4v) is 2.60. The van der Waals surface area contributed by atoms with Crippen molar-refractivity contribution in [1.29, 1.82) is 0 Å². The SMILES string of the molecule is Cc1cccc(CCNC(=O)N2CCC(C)(C(=O)O)C2)c1. The zero-order chi connectivity index (χ0) is 15.5. The molecule has 5 nitrogen and oxygen atoms in total. The predicted molar refractivity (Wildman–Crippen MR) is 80.2 cm³/mol. The van der Waals surface area contributed by atoms with Crippen molar-refractivity contribution in [2.24, 2.45) is 5.41 Å². The molecule has 0 spiro atoms. The first-order chi connectivity index (χ1) is 9.90. The fraction of sp³-hybridized carbons (Fsp3) is 0.500. The van der Waals surface area contributed by atoms with E-state index in [9.17, 15) is 9.59 Å². The highest BCUT2D eigenvalue weighted by Crippen LogP contribution is 2.29. The predicted octanol–water partition coefficient (Wildman–Crippen LogP) is 2.04. The van der Waals surface area contributed by atoms with Crippen LogP contribution in [0.1, 0.15) is 24.5 Å². The Balaban J connectivity index is 1.79. The molecule has 0 aromatic heterocycles. The first kappa shape index (κ1) is 15.4. The van der Waals surface area contributed by atoms with Crippen LogP contribution in [0, 0.1) is 12.3 Å². The lowest BCUT2D eigenvalue weighted by atomic mass is 9.90. The Morgan fingerprint density at radius 3 is 2.81 bits per heavy atom. The van der Waals surface area contributed by atoms with Gasteiger partial charge in [0.15, 0.2) is 0 Å². The average molecular weight is 290 g/mol. The molecule has 1 unspecified atom stereocenters. The number of amides is 2. The van der Waals surface area contributed by atoms with Crippen LogP contribution in [0.2, 0.25) is 0 Å². The highest BCUT2D eigenvalue weighted by molar-refractivity contribution is 5.79. The lowest BCUT2D eigenvalue weighted by Crippen LogP contribution is -2.41. The summed E-state index contributed by atoms with van der Waals surface area (Å²) in [5.41, 5.74) is 1.58. The molecule has 2 N–H and O–H groups in total. The van der Waals surface area contributed by atoms with Crippen molar-refractivity contribution in [2.75, 3.05) is 19.6 Å². The Morgan fingerprint density at radius 1 is 1.43 bits per heavy atom. The number of aliphatic carboxylic acids is 1. The van der Waals surface area contributed by atoms with E-state index in [0.717, 1.165) is 6.42 Å². The van der Waals surface area contributed by atoms with Crippen molar-refractivity contribution in [3.05, 3.63) is 35.4 Å². The Labute approximate surface area is 125 Å². The van der Waals surface area contributed by atoms with E-state index < -0.39 is 11.4 Å². The zero-order valence-corrected chi connectivity index (χ0v) is 12.6. The number of urea groups is 1. The van der Waals surface area contributed by atoms with Gasteiger partial charge in [-0.3, -0.25) is 4.79 Å². The Morgan fingerprint density at radius 2 is 2.19 bits per heavy atom. The smallest absolute Gasteiger partial charge is 0.317 e. The van der Waals surface area contributed by atoms with Crippen LogP contribution in [0.4, 0.5) is 4.79 Å². The van der Waals surface area contributed by atoms with Crippen molar-refractivity contribution in [2.45, 2.75) is 26.7 Å². The monoisotopic (exact) mass is 290 g/mol. The first-order valence-corrected chi connectivity index (χ1v) is 7.22. The van der Waals surface area contributed by atoms with E-state index >= 15 is 0 Å². The number of nitrogens with zero attached hydrogens (tertiary/aromatic N) is 1. The molecule has 2 rings (SSSR count). The maximum Gasteiger partial charge on any atom is 0.317 e. The van der Waals surface area contributed by atoms with Crippen LogP contribution in [0.15, 0.2) is 24.3 Å². The Hall–Kier alpha value is -2.04. The van der Waals surface area contributed by atoms with Crippen LogP contribution >= 0.6 is 0 Å². The molecule has 1 heterocycles. The second-order valence-corrected chi connectivity index (χ2v) is 6.01. The standard InChI is InChI=1S/C16H22N2O3/c1-12-4-3-5-13(10-12)6-8-17-15(21)18-9-7-16(2,11-18)14(19)20/h3-5,10H,6-9,11H2,1-2H3,(H,17,21)(H,19,20). The number of rotatable bonds is 4. The number of carbonyl (C=O) groups is 2. The van der Waals surface area contributed by atoms with Gasteiger partial charge in [-0.05, 0) is 32.3 Å². The minimum absolute atomic E-state index is 0.173. The van der Waals surface area contributed by atoms with E-state index in [1.807, 2.05) is 25.1 Å². The maximum absolute atomic E-state index is 12.0.